The van der Waals surface area contributed by atoms with Gasteiger partial charge in [0.2, 0.25) is 0 Å². The van der Waals surface area contributed by atoms with E-state index in [0.717, 1.165) is 12.2 Å². The zero-order valence-electron chi connectivity index (χ0n) is 9.78. The molecule has 0 radical (unpaired) electrons. The normalized spacial score (nSPS) is 19.6. The number of para-hydroxylation sites is 1. The van der Waals surface area contributed by atoms with Gasteiger partial charge in [-0.1, -0.05) is 12.5 Å². The maximum Gasteiger partial charge on any atom is 0.101 e. The summed E-state index contributed by atoms with van der Waals surface area (Å²) in [5, 5.41) is 12.9. The van der Waals surface area contributed by atoms with Crippen molar-refractivity contribution in [3.8, 4) is 6.07 Å². The number of hydrogen-bond acceptors (Lipinski definition) is 4. The van der Waals surface area contributed by atoms with Gasteiger partial charge < -0.3 is 11.1 Å². The highest BCUT2D eigenvalue weighted by molar-refractivity contribution is 7.99. The second-order valence-electron chi connectivity index (χ2n) is 4.25. The molecule has 0 saturated carbocycles. The maximum absolute atomic E-state index is 8.90. The highest BCUT2D eigenvalue weighted by atomic mass is 32.2. The lowest BCUT2D eigenvalue weighted by Gasteiger charge is -2.22. The van der Waals surface area contributed by atoms with Gasteiger partial charge in [0.1, 0.15) is 6.07 Å². The average molecular weight is 247 g/mol. The number of anilines is 2. The first kappa shape index (κ1) is 12.1. The van der Waals surface area contributed by atoms with Crippen molar-refractivity contribution < 1.29 is 0 Å². The Morgan fingerprint density at radius 3 is 3.06 bits per heavy atom. The predicted octanol–water partition coefficient (Wildman–Crippen LogP) is 2.84. The van der Waals surface area contributed by atoms with E-state index in [1.54, 1.807) is 6.07 Å². The molecule has 0 spiro atoms. The molecule has 1 atom stereocenters. The van der Waals surface area contributed by atoms with E-state index < -0.39 is 0 Å². The summed E-state index contributed by atoms with van der Waals surface area (Å²) in [6.07, 6.45) is 3.94. The molecule has 3 nitrogen and oxygen atoms in total. The standard InChI is InChI=1S/C13H17N3S/c14-8-10-4-3-6-12(13(10)15)16-9-11-5-1-2-7-17-11/h3-4,6,11,16H,1-2,5,7,9,15H2. The van der Waals surface area contributed by atoms with Gasteiger partial charge in [0.05, 0.1) is 16.9 Å². The first-order valence-corrected chi connectivity index (χ1v) is 7.00. The number of nitrogens with two attached hydrogens (primary N) is 1. The van der Waals surface area contributed by atoms with E-state index in [4.69, 9.17) is 11.0 Å². The maximum atomic E-state index is 8.90. The van der Waals surface area contributed by atoms with Crippen molar-refractivity contribution in [3.05, 3.63) is 23.8 Å². The van der Waals surface area contributed by atoms with Crippen LogP contribution in [0.2, 0.25) is 0 Å². The molecule has 1 aliphatic heterocycles. The molecule has 1 aliphatic rings. The lowest BCUT2D eigenvalue weighted by molar-refractivity contribution is 0.677. The van der Waals surface area contributed by atoms with Crippen molar-refractivity contribution in [1.82, 2.24) is 0 Å². The van der Waals surface area contributed by atoms with Gasteiger partial charge in [0.15, 0.2) is 0 Å². The molecule has 3 N–H and O–H groups in total. The van der Waals surface area contributed by atoms with Crippen LogP contribution in [-0.2, 0) is 0 Å². The van der Waals surface area contributed by atoms with Crippen LogP contribution in [0.25, 0.3) is 0 Å². The molecular weight excluding hydrogens is 230 g/mol. The quantitative estimate of drug-likeness (QED) is 0.806. The molecule has 1 heterocycles. The first-order valence-electron chi connectivity index (χ1n) is 5.95. The van der Waals surface area contributed by atoms with Crippen molar-refractivity contribution in [1.29, 1.82) is 5.26 Å². The number of thioether (sulfide) groups is 1. The fourth-order valence-corrected chi connectivity index (χ4v) is 3.25. The van der Waals surface area contributed by atoms with Crippen molar-refractivity contribution in [3.63, 3.8) is 0 Å². The zero-order valence-corrected chi connectivity index (χ0v) is 10.6. The van der Waals surface area contributed by atoms with E-state index in [9.17, 15) is 0 Å². The largest absolute Gasteiger partial charge is 0.396 e. The molecule has 1 fully saturated rings. The van der Waals surface area contributed by atoms with Crippen molar-refractivity contribution >= 4 is 23.1 Å². The lowest BCUT2D eigenvalue weighted by atomic mass is 10.1. The second-order valence-corrected chi connectivity index (χ2v) is 5.66. The number of benzene rings is 1. The summed E-state index contributed by atoms with van der Waals surface area (Å²) in [5.74, 6) is 1.26. The lowest BCUT2D eigenvalue weighted by Crippen LogP contribution is -2.20. The number of nitrogen functional groups attached to an aromatic ring is 1. The summed E-state index contributed by atoms with van der Waals surface area (Å²) in [4.78, 5) is 0. The fraction of sp³-hybridized carbons (Fsp3) is 0.462. The van der Waals surface area contributed by atoms with Crippen molar-refractivity contribution in [2.24, 2.45) is 0 Å². The van der Waals surface area contributed by atoms with Crippen LogP contribution in [0.3, 0.4) is 0 Å². The summed E-state index contributed by atoms with van der Waals surface area (Å²) in [5.41, 5.74) is 7.92. The molecule has 4 heteroatoms. The SMILES string of the molecule is N#Cc1cccc(NCC2CCCCS2)c1N. The third-order valence-electron chi connectivity index (χ3n) is 3.02. The molecule has 90 valence electrons. The summed E-state index contributed by atoms with van der Waals surface area (Å²) in [7, 11) is 0. The molecule has 0 bridgehead atoms. The van der Waals surface area contributed by atoms with E-state index in [2.05, 4.69) is 11.4 Å². The molecule has 1 saturated heterocycles. The van der Waals surface area contributed by atoms with Crippen LogP contribution in [0.1, 0.15) is 24.8 Å². The van der Waals surface area contributed by atoms with Crippen molar-refractivity contribution in [2.75, 3.05) is 23.3 Å². The molecular formula is C13H17N3S. The molecule has 1 unspecified atom stereocenters. The van der Waals surface area contributed by atoms with Gasteiger partial charge >= 0.3 is 0 Å². The fourth-order valence-electron chi connectivity index (χ4n) is 2.01. The average Bonchev–Trinajstić information content (AvgIpc) is 2.39. The van der Waals surface area contributed by atoms with E-state index in [1.165, 1.54) is 25.0 Å². The van der Waals surface area contributed by atoms with Gasteiger partial charge in [-0.25, -0.2) is 0 Å². The summed E-state index contributed by atoms with van der Waals surface area (Å²) >= 11 is 2.03. The molecule has 1 aromatic carbocycles. The minimum Gasteiger partial charge on any atom is -0.396 e. The predicted molar refractivity (Wildman–Crippen MR) is 74.2 cm³/mol. The third kappa shape index (κ3) is 3.07. The van der Waals surface area contributed by atoms with E-state index in [-0.39, 0.29) is 0 Å². The van der Waals surface area contributed by atoms with Crippen LogP contribution < -0.4 is 11.1 Å². The first-order chi connectivity index (χ1) is 8.31. The van der Waals surface area contributed by atoms with E-state index in [1.807, 2.05) is 23.9 Å². The molecule has 17 heavy (non-hydrogen) atoms. The van der Waals surface area contributed by atoms with Crippen LogP contribution in [0, 0.1) is 11.3 Å². The Morgan fingerprint density at radius 1 is 1.47 bits per heavy atom. The van der Waals surface area contributed by atoms with Crippen LogP contribution >= 0.6 is 11.8 Å². The van der Waals surface area contributed by atoms with Crippen LogP contribution in [0.5, 0.6) is 0 Å². The van der Waals surface area contributed by atoms with Gasteiger partial charge in [0, 0.05) is 11.8 Å². The second kappa shape index (κ2) is 5.83. The summed E-state index contributed by atoms with van der Waals surface area (Å²) < 4.78 is 0. The third-order valence-corrected chi connectivity index (χ3v) is 4.42. The number of nitrogens with zero attached hydrogens (tertiary/aromatic N) is 1. The van der Waals surface area contributed by atoms with Crippen LogP contribution in [0.4, 0.5) is 11.4 Å². The Morgan fingerprint density at radius 2 is 2.35 bits per heavy atom. The zero-order chi connectivity index (χ0) is 12.1. The van der Waals surface area contributed by atoms with Gasteiger partial charge in [-0.05, 0) is 30.7 Å². The molecule has 0 aliphatic carbocycles. The van der Waals surface area contributed by atoms with Gasteiger partial charge in [-0.3, -0.25) is 0 Å². The van der Waals surface area contributed by atoms with Crippen LogP contribution in [0.15, 0.2) is 18.2 Å². The molecule has 0 amide bonds. The van der Waals surface area contributed by atoms with Gasteiger partial charge in [-0.2, -0.15) is 17.0 Å². The topological polar surface area (TPSA) is 61.8 Å². The van der Waals surface area contributed by atoms with Gasteiger partial charge in [-0.15, -0.1) is 0 Å². The van der Waals surface area contributed by atoms with E-state index in [0.29, 0.717) is 16.5 Å². The Hall–Kier alpha value is -1.34. The number of hydrogen-bond donors (Lipinski definition) is 2. The number of nitriles is 1. The summed E-state index contributed by atoms with van der Waals surface area (Å²) in [6, 6.07) is 7.65. The molecule has 2 rings (SSSR count). The molecule has 1 aromatic rings. The minimum absolute atomic E-state index is 0.547. The van der Waals surface area contributed by atoms with Gasteiger partial charge in [0.25, 0.3) is 0 Å². The Bertz CT molecular complexity index is 419. The minimum atomic E-state index is 0.547. The monoisotopic (exact) mass is 247 g/mol. The molecule has 0 aromatic heterocycles. The number of nitrogens with one attached hydrogen (secondary N) is 1. The van der Waals surface area contributed by atoms with Crippen molar-refractivity contribution in [2.45, 2.75) is 24.5 Å². The Balaban J connectivity index is 1.96. The Kier molecular flexibility index (Phi) is 4.16. The Labute approximate surface area is 106 Å². The summed E-state index contributed by atoms with van der Waals surface area (Å²) in [6.45, 7) is 0.934. The highest BCUT2D eigenvalue weighted by Crippen LogP contribution is 2.27. The highest BCUT2D eigenvalue weighted by Gasteiger charge is 2.14. The van der Waals surface area contributed by atoms with Crippen LogP contribution in [-0.4, -0.2) is 17.5 Å². The smallest absolute Gasteiger partial charge is 0.101 e. The van der Waals surface area contributed by atoms with E-state index >= 15 is 0 Å². The number of rotatable bonds is 3.